The molecular weight excluding hydrogens is 418 g/mol. The van der Waals surface area contributed by atoms with Crippen LogP contribution < -0.4 is 5.32 Å². The molecule has 0 aromatic heterocycles. The molecule has 2 aromatic carbocycles. The van der Waals surface area contributed by atoms with Crippen molar-refractivity contribution in [3.8, 4) is 0 Å². The highest BCUT2D eigenvalue weighted by Gasteiger charge is 2.25. The van der Waals surface area contributed by atoms with Crippen LogP contribution in [0, 0.1) is 5.92 Å². The van der Waals surface area contributed by atoms with E-state index in [0.29, 0.717) is 6.54 Å². The van der Waals surface area contributed by atoms with E-state index in [1.165, 1.54) is 49.9 Å². The summed E-state index contributed by atoms with van der Waals surface area (Å²) in [5.41, 5.74) is 3.71. The fourth-order valence-electron chi connectivity index (χ4n) is 4.87. The Balaban J connectivity index is 1.18. The fourth-order valence-corrected chi connectivity index (χ4v) is 5.06. The second kappa shape index (κ2) is 11.8. The van der Waals surface area contributed by atoms with Gasteiger partial charge in [-0.2, -0.15) is 0 Å². The molecule has 172 valence electrons. The molecule has 2 saturated heterocycles. The van der Waals surface area contributed by atoms with Gasteiger partial charge in [-0.3, -0.25) is 14.6 Å². The number of amides is 1. The number of rotatable bonds is 7. The normalized spacial score (nSPS) is 18.9. The highest BCUT2D eigenvalue weighted by molar-refractivity contribution is 6.31. The SMILES string of the molecule is O=C(NCc1ccc(CN2CCCCCC2)cc1)C1CCN(Cc2ccccc2Cl)CC1. The molecule has 0 radical (unpaired) electrons. The van der Waals surface area contributed by atoms with Crippen molar-refractivity contribution in [2.24, 2.45) is 5.92 Å². The molecule has 2 aliphatic rings. The van der Waals surface area contributed by atoms with E-state index in [2.05, 4.69) is 45.4 Å². The third kappa shape index (κ3) is 6.81. The molecule has 32 heavy (non-hydrogen) atoms. The van der Waals surface area contributed by atoms with Gasteiger partial charge in [-0.05, 0) is 74.6 Å². The van der Waals surface area contributed by atoms with Gasteiger partial charge in [0, 0.05) is 30.6 Å². The molecule has 0 unspecified atom stereocenters. The van der Waals surface area contributed by atoms with E-state index in [4.69, 9.17) is 11.6 Å². The summed E-state index contributed by atoms with van der Waals surface area (Å²) in [6, 6.07) is 16.8. The molecule has 5 heteroatoms. The summed E-state index contributed by atoms with van der Waals surface area (Å²) < 4.78 is 0. The molecule has 0 saturated carbocycles. The zero-order valence-electron chi connectivity index (χ0n) is 19.1. The Hall–Kier alpha value is -1.88. The maximum atomic E-state index is 12.7. The van der Waals surface area contributed by atoms with Crippen molar-refractivity contribution < 1.29 is 4.79 Å². The van der Waals surface area contributed by atoms with Crippen molar-refractivity contribution in [1.82, 2.24) is 15.1 Å². The maximum Gasteiger partial charge on any atom is 0.223 e. The summed E-state index contributed by atoms with van der Waals surface area (Å²) in [4.78, 5) is 17.7. The first-order valence-electron chi connectivity index (χ1n) is 12.2. The first kappa shape index (κ1) is 23.3. The first-order chi connectivity index (χ1) is 15.7. The van der Waals surface area contributed by atoms with E-state index < -0.39 is 0 Å². The number of piperidine rings is 1. The zero-order valence-corrected chi connectivity index (χ0v) is 19.8. The molecule has 4 nitrogen and oxygen atoms in total. The predicted octanol–water partition coefficient (Wildman–Crippen LogP) is 5.24. The smallest absolute Gasteiger partial charge is 0.223 e. The number of hydrogen-bond acceptors (Lipinski definition) is 3. The van der Waals surface area contributed by atoms with Crippen LogP contribution in [-0.2, 0) is 24.4 Å². The van der Waals surface area contributed by atoms with Gasteiger partial charge in [-0.1, -0.05) is 66.9 Å². The van der Waals surface area contributed by atoms with Crippen LogP contribution >= 0.6 is 11.6 Å². The standard InChI is InChI=1S/C27H36ClN3O/c28-26-8-4-3-7-25(26)21-31-17-13-24(14-18-31)27(32)29-19-22-9-11-23(12-10-22)20-30-15-5-1-2-6-16-30/h3-4,7-12,24H,1-2,5-6,13-21H2,(H,29,32). The van der Waals surface area contributed by atoms with Gasteiger partial charge in [0.05, 0.1) is 0 Å². The van der Waals surface area contributed by atoms with Crippen LogP contribution in [0.2, 0.25) is 5.02 Å². The van der Waals surface area contributed by atoms with Crippen molar-refractivity contribution in [3.63, 3.8) is 0 Å². The van der Waals surface area contributed by atoms with Crippen LogP contribution in [0.4, 0.5) is 0 Å². The molecule has 0 aliphatic carbocycles. The van der Waals surface area contributed by atoms with Crippen LogP contribution in [0.25, 0.3) is 0 Å². The molecule has 1 amide bonds. The van der Waals surface area contributed by atoms with Gasteiger partial charge in [0.1, 0.15) is 0 Å². The number of hydrogen-bond donors (Lipinski definition) is 1. The molecule has 0 atom stereocenters. The molecule has 2 aromatic rings. The molecule has 0 bridgehead atoms. The fraction of sp³-hybridized carbons (Fsp3) is 0.519. The summed E-state index contributed by atoms with van der Waals surface area (Å²) in [5.74, 6) is 0.302. The second-order valence-corrected chi connectivity index (χ2v) is 9.77. The van der Waals surface area contributed by atoms with Crippen LogP contribution in [-0.4, -0.2) is 41.9 Å². The van der Waals surface area contributed by atoms with Crippen LogP contribution in [0.15, 0.2) is 48.5 Å². The quantitative estimate of drug-likeness (QED) is 0.622. The molecule has 2 fully saturated rings. The predicted molar refractivity (Wildman–Crippen MR) is 131 cm³/mol. The van der Waals surface area contributed by atoms with Crippen LogP contribution in [0.1, 0.15) is 55.2 Å². The zero-order chi connectivity index (χ0) is 22.2. The third-order valence-electron chi connectivity index (χ3n) is 6.90. The van der Waals surface area contributed by atoms with E-state index in [9.17, 15) is 4.79 Å². The minimum atomic E-state index is 0.111. The number of nitrogens with zero attached hydrogens (tertiary/aromatic N) is 2. The maximum absolute atomic E-state index is 12.7. The molecule has 4 rings (SSSR count). The van der Waals surface area contributed by atoms with Crippen LogP contribution in [0.3, 0.4) is 0 Å². The summed E-state index contributed by atoms with van der Waals surface area (Å²) in [6.07, 6.45) is 7.20. The number of carbonyl (C=O) groups excluding carboxylic acids is 1. The van der Waals surface area contributed by atoms with Crippen molar-refractivity contribution in [2.75, 3.05) is 26.2 Å². The Morgan fingerprint density at radius 3 is 2.12 bits per heavy atom. The van der Waals surface area contributed by atoms with Gasteiger partial charge in [0.2, 0.25) is 5.91 Å². The van der Waals surface area contributed by atoms with Gasteiger partial charge >= 0.3 is 0 Å². The highest BCUT2D eigenvalue weighted by atomic mass is 35.5. The second-order valence-electron chi connectivity index (χ2n) is 9.37. The number of halogens is 1. The van der Waals surface area contributed by atoms with Gasteiger partial charge in [-0.25, -0.2) is 0 Å². The Labute approximate surface area is 197 Å². The molecule has 0 spiro atoms. The average molecular weight is 454 g/mol. The lowest BCUT2D eigenvalue weighted by molar-refractivity contribution is -0.126. The lowest BCUT2D eigenvalue weighted by Crippen LogP contribution is -2.40. The lowest BCUT2D eigenvalue weighted by atomic mass is 9.95. The van der Waals surface area contributed by atoms with Gasteiger partial charge < -0.3 is 5.32 Å². The third-order valence-corrected chi connectivity index (χ3v) is 7.27. The van der Waals surface area contributed by atoms with Gasteiger partial charge in [0.25, 0.3) is 0 Å². The van der Waals surface area contributed by atoms with Crippen molar-refractivity contribution in [1.29, 1.82) is 0 Å². The Bertz CT molecular complexity index is 853. The summed E-state index contributed by atoms with van der Waals surface area (Å²) in [6.45, 7) is 6.83. The van der Waals surface area contributed by atoms with E-state index in [1.807, 2.05) is 18.2 Å². The summed E-state index contributed by atoms with van der Waals surface area (Å²) in [7, 11) is 0. The van der Waals surface area contributed by atoms with Crippen LogP contribution in [0.5, 0.6) is 0 Å². The van der Waals surface area contributed by atoms with Crippen molar-refractivity contribution >= 4 is 17.5 Å². The average Bonchev–Trinajstić information content (AvgIpc) is 3.09. The molecule has 2 aliphatic heterocycles. The van der Waals surface area contributed by atoms with Crippen molar-refractivity contribution in [2.45, 2.75) is 58.2 Å². The molecule has 2 heterocycles. The highest BCUT2D eigenvalue weighted by Crippen LogP contribution is 2.22. The Morgan fingerprint density at radius 2 is 1.44 bits per heavy atom. The topological polar surface area (TPSA) is 35.6 Å². The van der Waals surface area contributed by atoms with Gasteiger partial charge in [-0.15, -0.1) is 0 Å². The van der Waals surface area contributed by atoms with Gasteiger partial charge in [0.15, 0.2) is 0 Å². The monoisotopic (exact) mass is 453 g/mol. The number of likely N-dealkylation sites (tertiary alicyclic amines) is 2. The Morgan fingerprint density at radius 1 is 0.812 bits per heavy atom. The number of nitrogens with one attached hydrogen (secondary N) is 1. The molecule has 1 N–H and O–H groups in total. The minimum Gasteiger partial charge on any atom is -0.352 e. The molecular formula is C27H36ClN3O. The largest absolute Gasteiger partial charge is 0.352 e. The summed E-state index contributed by atoms with van der Waals surface area (Å²) in [5, 5.41) is 3.99. The van der Waals surface area contributed by atoms with Crippen molar-refractivity contribution in [3.05, 3.63) is 70.2 Å². The van der Waals surface area contributed by atoms with E-state index in [-0.39, 0.29) is 11.8 Å². The first-order valence-corrected chi connectivity index (χ1v) is 12.6. The number of carbonyl (C=O) groups is 1. The van der Waals surface area contributed by atoms with E-state index in [0.717, 1.165) is 49.6 Å². The van der Waals surface area contributed by atoms with E-state index >= 15 is 0 Å². The lowest BCUT2D eigenvalue weighted by Gasteiger charge is -2.31. The van der Waals surface area contributed by atoms with E-state index in [1.54, 1.807) is 0 Å². The minimum absolute atomic E-state index is 0.111. The number of benzene rings is 2. The Kier molecular flexibility index (Phi) is 8.61. The summed E-state index contributed by atoms with van der Waals surface area (Å²) >= 11 is 6.29.